The number of imide groups is 1. The van der Waals surface area contributed by atoms with Gasteiger partial charge in [0.05, 0.1) is 13.7 Å². The largest absolute Gasteiger partial charge is 0.497 e. The van der Waals surface area contributed by atoms with E-state index < -0.39 is 5.54 Å². The molecule has 0 saturated carbocycles. The molecule has 0 aromatic heterocycles. The van der Waals surface area contributed by atoms with E-state index in [1.807, 2.05) is 50.2 Å². The average Bonchev–Trinajstić information content (AvgIpc) is 2.88. The number of ether oxygens (including phenoxy) is 1. The Morgan fingerprint density at radius 1 is 1.04 bits per heavy atom. The molecule has 1 aliphatic rings. The number of carbonyl (C=O) groups is 2. The fourth-order valence-corrected chi connectivity index (χ4v) is 3.16. The van der Waals surface area contributed by atoms with E-state index in [4.69, 9.17) is 4.74 Å². The molecule has 2 aromatic rings. The summed E-state index contributed by atoms with van der Waals surface area (Å²) in [5.74, 6) is 0.494. The fourth-order valence-electron chi connectivity index (χ4n) is 3.16. The fraction of sp³-hybridized carbons (Fsp3) is 0.300. The molecule has 1 aliphatic heterocycles. The molecule has 5 heteroatoms. The summed E-state index contributed by atoms with van der Waals surface area (Å²) in [5.41, 5.74) is 1.81. The third kappa shape index (κ3) is 2.97. The molecule has 130 valence electrons. The first-order valence-corrected chi connectivity index (χ1v) is 8.34. The summed E-state index contributed by atoms with van der Waals surface area (Å²) >= 11 is 0. The van der Waals surface area contributed by atoms with Gasteiger partial charge < -0.3 is 10.1 Å². The van der Waals surface area contributed by atoms with E-state index in [2.05, 4.69) is 5.32 Å². The molecule has 1 atom stereocenters. The molecule has 0 spiro atoms. The van der Waals surface area contributed by atoms with Crippen molar-refractivity contribution in [1.82, 2.24) is 10.2 Å². The number of hydrogen-bond donors (Lipinski definition) is 1. The first kappa shape index (κ1) is 17.0. The van der Waals surface area contributed by atoms with Crippen molar-refractivity contribution >= 4 is 11.9 Å². The Hall–Kier alpha value is -2.82. The lowest BCUT2D eigenvalue weighted by Gasteiger charge is -2.26. The van der Waals surface area contributed by atoms with E-state index in [1.165, 1.54) is 4.90 Å². The number of hydrogen-bond acceptors (Lipinski definition) is 3. The maximum absolute atomic E-state index is 13.1. The van der Waals surface area contributed by atoms with Crippen molar-refractivity contribution in [3.63, 3.8) is 0 Å². The van der Waals surface area contributed by atoms with E-state index in [-0.39, 0.29) is 18.5 Å². The van der Waals surface area contributed by atoms with Gasteiger partial charge in [-0.25, -0.2) is 4.79 Å². The van der Waals surface area contributed by atoms with Gasteiger partial charge in [-0.05, 0) is 36.6 Å². The Morgan fingerprint density at radius 3 is 2.24 bits per heavy atom. The van der Waals surface area contributed by atoms with E-state index in [1.54, 1.807) is 19.2 Å². The molecule has 0 bridgehead atoms. The van der Waals surface area contributed by atoms with Crippen LogP contribution in [0.15, 0.2) is 48.5 Å². The van der Waals surface area contributed by atoms with Gasteiger partial charge in [0, 0.05) is 0 Å². The first-order valence-electron chi connectivity index (χ1n) is 8.34. The number of amides is 3. The standard InChI is InChI=1S/C20H22N2O3/c1-4-20(16-9-11-17(25-3)12-10-16)18(23)22(19(24)21-20)13-15-7-5-14(2)6-8-15/h5-12H,4,13H2,1-3H3,(H,21,24). The van der Waals surface area contributed by atoms with Crippen LogP contribution in [0.4, 0.5) is 4.79 Å². The summed E-state index contributed by atoms with van der Waals surface area (Å²) in [6, 6.07) is 14.7. The number of aryl methyl sites for hydroxylation is 1. The zero-order valence-corrected chi connectivity index (χ0v) is 14.7. The Labute approximate surface area is 147 Å². The van der Waals surface area contributed by atoms with Crippen molar-refractivity contribution in [3.05, 3.63) is 65.2 Å². The van der Waals surface area contributed by atoms with Crippen LogP contribution in [0.3, 0.4) is 0 Å². The maximum atomic E-state index is 13.1. The Bertz CT molecular complexity index is 784. The molecule has 1 saturated heterocycles. The molecule has 5 nitrogen and oxygen atoms in total. The van der Waals surface area contributed by atoms with Crippen molar-refractivity contribution in [3.8, 4) is 5.75 Å². The molecular weight excluding hydrogens is 316 g/mol. The number of rotatable bonds is 5. The summed E-state index contributed by atoms with van der Waals surface area (Å²) in [7, 11) is 1.59. The lowest BCUT2D eigenvalue weighted by molar-refractivity contribution is -0.132. The van der Waals surface area contributed by atoms with Crippen molar-refractivity contribution in [2.75, 3.05) is 7.11 Å². The van der Waals surface area contributed by atoms with E-state index in [9.17, 15) is 9.59 Å². The van der Waals surface area contributed by atoms with Gasteiger partial charge in [0.1, 0.15) is 11.3 Å². The molecule has 1 heterocycles. The highest BCUT2D eigenvalue weighted by Crippen LogP contribution is 2.34. The van der Waals surface area contributed by atoms with Crippen LogP contribution in [0, 0.1) is 6.92 Å². The molecule has 25 heavy (non-hydrogen) atoms. The third-order valence-electron chi connectivity index (χ3n) is 4.75. The van der Waals surface area contributed by atoms with E-state index in [0.717, 1.165) is 16.7 Å². The molecule has 1 fully saturated rings. The van der Waals surface area contributed by atoms with Gasteiger partial charge >= 0.3 is 6.03 Å². The number of nitrogens with one attached hydrogen (secondary N) is 1. The van der Waals surface area contributed by atoms with Gasteiger partial charge in [-0.2, -0.15) is 0 Å². The minimum atomic E-state index is -1.02. The normalized spacial score (nSPS) is 19.9. The van der Waals surface area contributed by atoms with Gasteiger partial charge in [-0.1, -0.05) is 48.9 Å². The van der Waals surface area contributed by atoms with Gasteiger partial charge in [0.2, 0.25) is 0 Å². The summed E-state index contributed by atoms with van der Waals surface area (Å²) in [5, 5.41) is 2.90. The molecule has 3 rings (SSSR count). The predicted molar refractivity (Wildman–Crippen MR) is 95.2 cm³/mol. The number of urea groups is 1. The molecule has 0 radical (unpaired) electrons. The van der Waals surface area contributed by atoms with Gasteiger partial charge in [-0.3, -0.25) is 9.69 Å². The van der Waals surface area contributed by atoms with Crippen LogP contribution >= 0.6 is 0 Å². The van der Waals surface area contributed by atoms with Crippen molar-refractivity contribution < 1.29 is 14.3 Å². The van der Waals surface area contributed by atoms with Crippen LogP contribution in [0.25, 0.3) is 0 Å². The Kier molecular flexibility index (Phi) is 4.49. The zero-order valence-electron chi connectivity index (χ0n) is 14.7. The van der Waals surface area contributed by atoms with Crippen molar-refractivity contribution in [1.29, 1.82) is 0 Å². The SMILES string of the molecule is CCC1(c2ccc(OC)cc2)NC(=O)N(Cc2ccc(C)cc2)C1=O. The number of benzene rings is 2. The number of methoxy groups -OCH3 is 1. The monoisotopic (exact) mass is 338 g/mol. The lowest BCUT2D eigenvalue weighted by Crippen LogP contribution is -2.43. The highest BCUT2D eigenvalue weighted by Gasteiger charge is 2.51. The maximum Gasteiger partial charge on any atom is 0.325 e. The van der Waals surface area contributed by atoms with Crippen molar-refractivity contribution in [2.24, 2.45) is 0 Å². The quantitative estimate of drug-likeness (QED) is 0.851. The second-order valence-corrected chi connectivity index (χ2v) is 6.29. The number of nitrogens with zero attached hydrogens (tertiary/aromatic N) is 1. The molecule has 1 N–H and O–H groups in total. The highest BCUT2D eigenvalue weighted by molar-refractivity contribution is 6.07. The van der Waals surface area contributed by atoms with Crippen LogP contribution < -0.4 is 10.1 Å². The Morgan fingerprint density at radius 2 is 1.68 bits per heavy atom. The summed E-state index contributed by atoms with van der Waals surface area (Å²) < 4.78 is 5.17. The van der Waals surface area contributed by atoms with Crippen LogP contribution in [-0.4, -0.2) is 23.9 Å². The van der Waals surface area contributed by atoms with Crippen LogP contribution in [0.5, 0.6) is 5.75 Å². The van der Waals surface area contributed by atoms with Crippen molar-refractivity contribution in [2.45, 2.75) is 32.4 Å². The molecule has 1 unspecified atom stereocenters. The van der Waals surface area contributed by atoms with E-state index >= 15 is 0 Å². The second-order valence-electron chi connectivity index (χ2n) is 6.29. The van der Waals surface area contributed by atoms with E-state index in [0.29, 0.717) is 12.2 Å². The molecular formula is C20H22N2O3. The van der Waals surface area contributed by atoms with Crippen LogP contribution in [0.2, 0.25) is 0 Å². The zero-order chi connectivity index (χ0) is 18.0. The van der Waals surface area contributed by atoms with Crippen LogP contribution in [-0.2, 0) is 16.9 Å². The minimum Gasteiger partial charge on any atom is -0.497 e. The molecule has 3 amide bonds. The topological polar surface area (TPSA) is 58.6 Å². The third-order valence-corrected chi connectivity index (χ3v) is 4.75. The molecule has 2 aromatic carbocycles. The smallest absolute Gasteiger partial charge is 0.325 e. The lowest BCUT2D eigenvalue weighted by atomic mass is 9.87. The average molecular weight is 338 g/mol. The first-order chi connectivity index (χ1) is 12.0. The van der Waals surface area contributed by atoms with Gasteiger partial charge in [0.15, 0.2) is 0 Å². The van der Waals surface area contributed by atoms with Gasteiger partial charge in [0.25, 0.3) is 5.91 Å². The second kappa shape index (κ2) is 6.59. The number of carbonyl (C=O) groups excluding carboxylic acids is 2. The van der Waals surface area contributed by atoms with Crippen LogP contribution in [0.1, 0.15) is 30.0 Å². The minimum absolute atomic E-state index is 0.217. The summed E-state index contributed by atoms with van der Waals surface area (Å²) in [6.07, 6.45) is 0.480. The predicted octanol–water partition coefficient (Wildman–Crippen LogP) is 3.36. The highest BCUT2D eigenvalue weighted by atomic mass is 16.5. The summed E-state index contributed by atoms with van der Waals surface area (Å²) in [6.45, 7) is 4.17. The van der Waals surface area contributed by atoms with Gasteiger partial charge in [-0.15, -0.1) is 0 Å². The summed E-state index contributed by atoms with van der Waals surface area (Å²) in [4.78, 5) is 26.9. The Balaban J connectivity index is 1.90. The molecule has 0 aliphatic carbocycles.